The molecule has 5 heteroatoms. The molecule has 0 unspecified atom stereocenters. The molecule has 1 aliphatic heterocycles. The van der Waals surface area contributed by atoms with Crippen LogP contribution in [0.25, 0.3) is 0 Å². The molecule has 1 aromatic carbocycles. The van der Waals surface area contributed by atoms with Crippen molar-refractivity contribution < 1.29 is 9.59 Å². The fraction of sp³-hybridized carbons (Fsp3) is 0.500. The summed E-state index contributed by atoms with van der Waals surface area (Å²) in [5.74, 6) is 0.0483. The summed E-state index contributed by atoms with van der Waals surface area (Å²) in [5, 5.41) is 2.62. The first-order valence-electron chi connectivity index (χ1n) is 7.41. The number of carbonyl (C=O) groups is 2. The van der Waals surface area contributed by atoms with E-state index in [9.17, 15) is 9.59 Å². The van der Waals surface area contributed by atoms with Gasteiger partial charge in [0.15, 0.2) is 0 Å². The number of nitrogens with two attached hydrogens (primary N) is 1. The molecule has 0 saturated carbocycles. The number of amides is 3. The average Bonchev–Trinajstić information content (AvgIpc) is 2.47. The number of benzene rings is 1. The number of hydrogen-bond acceptors (Lipinski definition) is 2. The standard InChI is InChI=1S/C16H23N3O2/c1-11-6-5-8-14(12(11)2)15(20)19-9-4-3-7-13(19)10-18-16(17)21/h5-6,8,13H,3-4,7,9-10H2,1-2H3,(H3,17,18,21)/t13-/m0/s1. The van der Waals surface area contributed by atoms with Crippen LogP contribution >= 0.6 is 0 Å². The van der Waals surface area contributed by atoms with Crippen LogP contribution in [0, 0.1) is 13.8 Å². The molecule has 1 saturated heterocycles. The van der Waals surface area contributed by atoms with E-state index >= 15 is 0 Å². The Balaban J connectivity index is 2.18. The van der Waals surface area contributed by atoms with Crippen LogP contribution in [0.4, 0.5) is 4.79 Å². The van der Waals surface area contributed by atoms with E-state index in [2.05, 4.69) is 5.32 Å². The van der Waals surface area contributed by atoms with Crippen LogP contribution in [0.15, 0.2) is 18.2 Å². The number of nitrogens with zero attached hydrogens (tertiary/aromatic N) is 1. The molecule has 0 spiro atoms. The first-order valence-corrected chi connectivity index (χ1v) is 7.41. The molecule has 2 rings (SSSR count). The zero-order chi connectivity index (χ0) is 15.4. The predicted octanol–water partition coefficient (Wildman–Crippen LogP) is 1.97. The van der Waals surface area contributed by atoms with E-state index in [0.717, 1.165) is 42.5 Å². The number of urea groups is 1. The highest BCUT2D eigenvalue weighted by Crippen LogP contribution is 2.22. The van der Waals surface area contributed by atoms with E-state index in [0.29, 0.717) is 6.54 Å². The second-order valence-electron chi connectivity index (χ2n) is 5.64. The third kappa shape index (κ3) is 3.54. The van der Waals surface area contributed by atoms with Gasteiger partial charge >= 0.3 is 6.03 Å². The van der Waals surface area contributed by atoms with E-state index in [4.69, 9.17) is 5.73 Å². The van der Waals surface area contributed by atoms with Crippen molar-refractivity contribution in [1.82, 2.24) is 10.2 Å². The van der Waals surface area contributed by atoms with Gasteiger partial charge in [-0.3, -0.25) is 4.79 Å². The Labute approximate surface area is 125 Å². The normalized spacial score (nSPS) is 18.4. The van der Waals surface area contributed by atoms with Crippen molar-refractivity contribution in [3.05, 3.63) is 34.9 Å². The summed E-state index contributed by atoms with van der Waals surface area (Å²) in [6.07, 6.45) is 2.97. The van der Waals surface area contributed by atoms with Crippen LogP contribution in [0.2, 0.25) is 0 Å². The van der Waals surface area contributed by atoms with Crippen molar-refractivity contribution >= 4 is 11.9 Å². The topological polar surface area (TPSA) is 75.4 Å². The second kappa shape index (κ2) is 6.61. The molecule has 0 radical (unpaired) electrons. The highest BCUT2D eigenvalue weighted by atomic mass is 16.2. The number of carbonyl (C=O) groups excluding carboxylic acids is 2. The molecule has 0 aromatic heterocycles. The highest BCUT2D eigenvalue weighted by molar-refractivity contribution is 5.96. The summed E-state index contributed by atoms with van der Waals surface area (Å²) in [6.45, 7) is 5.14. The first-order chi connectivity index (χ1) is 10.0. The van der Waals surface area contributed by atoms with Gasteiger partial charge in [-0.05, 0) is 50.3 Å². The van der Waals surface area contributed by atoms with Crippen LogP contribution in [0.3, 0.4) is 0 Å². The maximum Gasteiger partial charge on any atom is 0.312 e. The van der Waals surface area contributed by atoms with E-state index < -0.39 is 6.03 Å². The molecule has 5 nitrogen and oxygen atoms in total. The van der Waals surface area contributed by atoms with Crippen LogP contribution in [-0.4, -0.2) is 36.0 Å². The maximum atomic E-state index is 12.8. The summed E-state index contributed by atoms with van der Waals surface area (Å²) in [6, 6.07) is 5.28. The van der Waals surface area contributed by atoms with E-state index in [1.807, 2.05) is 36.9 Å². The van der Waals surface area contributed by atoms with Crippen LogP contribution in [-0.2, 0) is 0 Å². The molecule has 21 heavy (non-hydrogen) atoms. The number of nitrogens with one attached hydrogen (secondary N) is 1. The van der Waals surface area contributed by atoms with Crippen molar-refractivity contribution in [3.63, 3.8) is 0 Å². The minimum Gasteiger partial charge on any atom is -0.352 e. The van der Waals surface area contributed by atoms with E-state index in [-0.39, 0.29) is 11.9 Å². The van der Waals surface area contributed by atoms with Gasteiger partial charge in [0.05, 0.1) is 0 Å². The number of hydrogen-bond donors (Lipinski definition) is 2. The minimum absolute atomic E-state index is 0.0265. The van der Waals surface area contributed by atoms with Gasteiger partial charge in [-0.1, -0.05) is 12.1 Å². The summed E-state index contributed by atoms with van der Waals surface area (Å²) in [4.78, 5) is 25.6. The molecule has 1 aromatic rings. The summed E-state index contributed by atoms with van der Waals surface area (Å²) >= 11 is 0. The lowest BCUT2D eigenvalue weighted by Crippen LogP contribution is -2.50. The maximum absolute atomic E-state index is 12.8. The van der Waals surface area contributed by atoms with Gasteiger partial charge in [-0.2, -0.15) is 0 Å². The minimum atomic E-state index is -0.542. The number of aryl methyl sites for hydroxylation is 1. The lowest BCUT2D eigenvalue weighted by molar-refractivity contribution is 0.0614. The van der Waals surface area contributed by atoms with Gasteiger partial charge < -0.3 is 16.0 Å². The number of likely N-dealkylation sites (tertiary alicyclic amines) is 1. The fourth-order valence-electron chi connectivity index (χ4n) is 2.84. The lowest BCUT2D eigenvalue weighted by Gasteiger charge is -2.36. The SMILES string of the molecule is Cc1cccc(C(=O)N2CCCC[C@H]2CNC(N)=O)c1C. The van der Waals surface area contributed by atoms with Gasteiger partial charge in [-0.25, -0.2) is 4.79 Å². The Hall–Kier alpha value is -2.04. The van der Waals surface area contributed by atoms with E-state index in [1.165, 1.54) is 0 Å². The summed E-state index contributed by atoms with van der Waals surface area (Å²) in [7, 11) is 0. The van der Waals surface area contributed by atoms with Crippen molar-refractivity contribution in [2.75, 3.05) is 13.1 Å². The molecule has 0 aliphatic carbocycles. The van der Waals surface area contributed by atoms with Crippen LogP contribution < -0.4 is 11.1 Å². The zero-order valence-corrected chi connectivity index (χ0v) is 12.7. The molecule has 3 N–H and O–H groups in total. The van der Waals surface area contributed by atoms with Crippen LogP contribution in [0.1, 0.15) is 40.7 Å². The molecule has 1 fully saturated rings. The second-order valence-corrected chi connectivity index (χ2v) is 5.64. The Bertz CT molecular complexity index is 542. The molecule has 1 atom stereocenters. The van der Waals surface area contributed by atoms with Gasteiger partial charge in [0.25, 0.3) is 5.91 Å². The number of primary amides is 1. The summed E-state index contributed by atoms with van der Waals surface area (Å²) < 4.78 is 0. The molecule has 1 heterocycles. The third-order valence-electron chi connectivity index (χ3n) is 4.23. The molecule has 114 valence electrons. The van der Waals surface area contributed by atoms with Crippen molar-refractivity contribution in [1.29, 1.82) is 0 Å². The molecule has 1 aliphatic rings. The predicted molar refractivity (Wildman–Crippen MR) is 82.2 cm³/mol. The van der Waals surface area contributed by atoms with Gasteiger partial charge in [0.1, 0.15) is 0 Å². The van der Waals surface area contributed by atoms with Gasteiger partial charge in [-0.15, -0.1) is 0 Å². The van der Waals surface area contributed by atoms with Crippen molar-refractivity contribution in [2.24, 2.45) is 5.73 Å². The molecule has 3 amide bonds. The number of piperidine rings is 1. The molecule has 0 bridgehead atoms. The zero-order valence-electron chi connectivity index (χ0n) is 12.7. The Morgan fingerprint density at radius 3 is 2.81 bits per heavy atom. The number of rotatable bonds is 3. The molecular weight excluding hydrogens is 266 g/mol. The Kier molecular flexibility index (Phi) is 4.83. The van der Waals surface area contributed by atoms with Gasteiger partial charge in [0.2, 0.25) is 0 Å². The summed E-state index contributed by atoms with van der Waals surface area (Å²) in [5.41, 5.74) is 8.02. The Morgan fingerprint density at radius 2 is 2.10 bits per heavy atom. The van der Waals surface area contributed by atoms with Crippen LogP contribution in [0.5, 0.6) is 0 Å². The monoisotopic (exact) mass is 289 g/mol. The van der Waals surface area contributed by atoms with Crippen molar-refractivity contribution in [2.45, 2.75) is 39.2 Å². The lowest BCUT2D eigenvalue weighted by atomic mass is 9.98. The smallest absolute Gasteiger partial charge is 0.312 e. The quantitative estimate of drug-likeness (QED) is 0.892. The van der Waals surface area contributed by atoms with Crippen molar-refractivity contribution in [3.8, 4) is 0 Å². The van der Waals surface area contributed by atoms with E-state index in [1.54, 1.807) is 0 Å². The first kappa shape index (κ1) is 15.4. The Morgan fingerprint density at radius 1 is 1.33 bits per heavy atom. The van der Waals surface area contributed by atoms with Gasteiger partial charge in [0, 0.05) is 24.7 Å². The average molecular weight is 289 g/mol. The fourth-order valence-corrected chi connectivity index (χ4v) is 2.84. The molecular formula is C16H23N3O2. The largest absolute Gasteiger partial charge is 0.352 e. The highest BCUT2D eigenvalue weighted by Gasteiger charge is 2.28. The third-order valence-corrected chi connectivity index (χ3v) is 4.23.